The Labute approximate surface area is 163 Å². The lowest BCUT2D eigenvalue weighted by atomic mass is 9.96. The van der Waals surface area contributed by atoms with Crippen LogP contribution < -0.4 is 16.2 Å². The molecule has 27 heavy (non-hydrogen) atoms. The van der Waals surface area contributed by atoms with Crippen LogP contribution in [-0.4, -0.2) is 35.1 Å². The SMILES string of the molecule is Cc1c(C(=O)NCCC2CCCNC2)sc2nc3n(c(=O)c12)CCCCC3. The van der Waals surface area contributed by atoms with Gasteiger partial charge in [-0.05, 0) is 63.6 Å². The number of hydrogen-bond acceptors (Lipinski definition) is 5. The molecular weight excluding hydrogens is 360 g/mol. The lowest BCUT2D eigenvalue weighted by Gasteiger charge is -2.22. The van der Waals surface area contributed by atoms with Gasteiger partial charge >= 0.3 is 0 Å². The number of carbonyl (C=O) groups is 1. The van der Waals surface area contributed by atoms with Crippen LogP contribution in [0.4, 0.5) is 0 Å². The van der Waals surface area contributed by atoms with E-state index in [9.17, 15) is 9.59 Å². The molecule has 0 saturated carbocycles. The van der Waals surface area contributed by atoms with Gasteiger partial charge < -0.3 is 10.6 Å². The molecule has 1 saturated heterocycles. The molecule has 1 unspecified atom stereocenters. The maximum Gasteiger partial charge on any atom is 0.262 e. The van der Waals surface area contributed by atoms with Crippen molar-refractivity contribution in [2.45, 2.75) is 58.4 Å². The van der Waals surface area contributed by atoms with Crippen LogP contribution in [0.1, 0.15) is 59.6 Å². The van der Waals surface area contributed by atoms with Gasteiger partial charge in [0.05, 0.1) is 10.3 Å². The minimum atomic E-state index is -0.0705. The van der Waals surface area contributed by atoms with Crippen molar-refractivity contribution in [3.8, 4) is 0 Å². The van der Waals surface area contributed by atoms with E-state index in [1.165, 1.54) is 24.2 Å². The van der Waals surface area contributed by atoms with Crippen molar-refractivity contribution in [2.24, 2.45) is 5.92 Å². The summed E-state index contributed by atoms with van der Waals surface area (Å²) in [6.45, 7) is 5.46. The zero-order valence-corrected chi connectivity index (χ0v) is 16.8. The van der Waals surface area contributed by atoms with Crippen molar-refractivity contribution in [1.29, 1.82) is 0 Å². The Balaban J connectivity index is 1.53. The molecule has 2 aliphatic heterocycles. The molecule has 2 aliphatic rings. The highest BCUT2D eigenvalue weighted by Crippen LogP contribution is 2.28. The van der Waals surface area contributed by atoms with Gasteiger partial charge in [-0.3, -0.25) is 14.2 Å². The summed E-state index contributed by atoms with van der Waals surface area (Å²) in [6, 6.07) is 0. The fraction of sp³-hybridized carbons (Fsp3) is 0.650. The Morgan fingerprint density at radius 3 is 3.04 bits per heavy atom. The van der Waals surface area contributed by atoms with Crippen molar-refractivity contribution < 1.29 is 4.79 Å². The van der Waals surface area contributed by atoms with Crippen molar-refractivity contribution in [3.05, 3.63) is 26.6 Å². The first-order chi connectivity index (χ1) is 13.1. The number of aromatic nitrogens is 2. The van der Waals surface area contributed by atoms with E-state index in [0.717, 1.165) is 63.1 Å². The third kappa shape index (κ3) is 3.80. The molecule has 146 valence electrons. The van der Waals surface area contributed by atoms with E-state index < -0.39 is 0 Å². The van der Waals surface area contributed by atoms with Gasteiger partial charge in [-0.1, -0.05) is 6.42 Å². The second-order valence-corrected chi connectivity index (χ2v) is 8.79. The number of amides is 1. The van der Waals surface area contributed by atoms with Crippen molar-refractivity contribution in [2.75, 3.05) is 19.6 Å². The van der Waals surface area contributed by atoms with Crippen LogP contribution in [0.2, 0.25) is 0 Å². The van der Waals surface area contributed by atoms with Gasteiger partial charge in [0.2, 0.25) is 0 Å². The Morgan fingerprint density at radius 1 is 1.33 bits per heavy atom. The number of nitrogens with zero attached hydrogens (tertiary/aromatic N) is 2. The molecule has 4 rings (SSSR count). The zero-order valence-electron chi connectivity index (χ0n) is 16.0. The molecular formula is C20H28N4O2S. The van der Waals surface area contributed by atoms with Gasteiger partial charge in [-0.2, -0.15) is 0 Å². The highest BCUT2D eigenvalue weighted by Gasteiger charge is 2.22. The predicted molar refractivity (Wildman–Crippen MR) is 109 cm³/mol. The summed E-state index contributed by atoms with van der Waals surface area (Å²) in [5.74, 6) is 1.45. The first-order valence-electron chi connectivity index (χ1n) is 10.2. The third-order valence-electron chi connectivity index (χ3n) is 5.85. The number of piperidine rings is 1. The van der Waals surface area contributed by atoms with Crippen LogP contribution in [-0.2, 0) is 13.0 Å². The van der Waals surface area contributed by atoms with Crippen LogP contribution >= 0.6 is 11.3 Å². The average Bonchev–Trinajstić information content (AvgIpc) is 2.85. The lowest BCUT2D eigenvalue weighted by molar-refractivity contribution is 0.0954. The zero-order chi connectivity index (χ0) is 18.8. The average molecular weight is 389 g/mol. The first-order valence-corrected chi connectivity index (χ1v) is 11.0. The number of aryl methyl sites for hydroxylation is 2. The van der Waals surface area contributed by atoms with E-state index in [1.54, 1.807) is 0 Å². The molecule has 7 heteroatoms. The Morgan fingerprint density at radius 2 is 2.22 bits per heavy atom. The van der Waals surface area contributed by atoms with Crippen LogP contribution in [0.5, 0.6) is 0 Å². The fourth-order valence-corrected chi connectivity index (χ4v) is 5.37. The van der Waals surface area contributed by atoms with Crippen molar-refractivity contribution in [3.63, 3.8) is 0 Å². The lowest BCUT2D eigenvalue weighted by Crippen LogP contribution is -2.33. The highest BCUT2D eigenvalue weighted by molar-refractivity contribution is 7.20. The van der Waals surface area contributed by atoms with E-state index in [4.69, 9.17) is 4.98 Å². The Kier molecular flexibility index (Phi) is 5.59. The summed E-state index contributed by atoms with van der Waals surface area (Å²) in [7, 11) is 0. The predicted octanol–water partition coefficient (Wildman–Crippen LogP) is 2.61. The maximum atomic E-state index is 13.0. The number of fused-ring (bicyclic) bond motifs is 2. The fourth-order valence-electron chi connectivity index (χ4n) is 4.27. The van der Waals surface area contributed by atoms with Gasteiger partial charge in [-0.15, -0.1) is 11.3 Å². The molecule has 0 spiro atoms. The van der Waals surface area contributed by atoms with Gasteiger partial charge in [0.15, 0.2) is 0 Å². The van der Waals surface area contributed by atoms with E-state index in [0.29, 0.717) is 27.6 Å². The minimum absolute atomic E-state index is 0.0259. The number of hydrogen-bond donors (Lipinski definition) is 2. The van der Waals surface area contributed by atoms with Crippen LogP contribution in [0, 0.1) is 12.8 Å². The number of rotatable bonds is 4. The van der Waals surface area contributed by atoms with Crippen molar-refractivity contribution >= 4 is 27.5 Å². The molecule has 0 radical (unpaired) electrons. The quantitative estimate of drug-likeness (QED) is 0.844. The van der Waals surface area contributed by atoms with E-state index in [2.05, 4.69) is 10.6 Å². The van der Waals surface area contributed by atoms with Crippen LogP contribution in [0.3, 0.4) is 0 Å². The molecule has 2 aromatic rings. The molecule has 2 N–H and O–H groups in total. The molecule has 1 amide bonds. The molecule has 4 heterocycles. The molecule has 6 nitrogen and oxygen atoms in total. The van der Waals surface area contributed by atoms with E-state index in [1.807, 2.05) is 11.5 Å². The van der Waals surface area contributed by atoms with Gasteiger partial charge in [0.1, 0.15) is 10.7 Å². The van der Waals surface area contributed by atoms with Gasteiger partial charge in [0, 0.05) is 19.5 Å². The third-order valence-corrected chi connectivity index (χ3v) is 7.04. The molecule has 2 aromatic heterocycles. The topological polar surface area (TPSA) is 76.0 Å². The maximum absolute atomic E-state index is 13.0. The largest absolute Gasteiger partial charge is 0.351 e. The molecule has 0 bridgehead atoms. The Bertz CT molecular complexity index is 895. The minimum Gasteiger partial charge on any atom is -0.351 e. The summed E-state index contributed by atoms with van der Waals surface area (Å²) >= 11 is 1.36. The van der Waals surface area contributed by atoms with Gasteiger partial charge in [-0.25, -0.2) is 4.98 Å². The second kappa shape index (κ2) is 8.10. The summed E-state index contributed by atoms with van der Waals surface area (Å²) in [5.41, 5.74) is 0.807. The van der Waals surface area contributed by atoms with E-state index >= 15 is 0 Å². The monoisotopic (exact) mass is 388 g/mol. The van der Waals surface area contributed by atoms with E-state index in [-0.39, 0.29) is 11.5 Å². The molecule has 1 atom stereocenters. The van der Waals surface area contributed by atoms with Crippen LogP contribution in [0.15, 0.2) is 4.79 Å². The van der Waals surface area contributed by atoms with Gasteiger partial charge in [0.25, 0.3) is 11.5 Å². The second-order valence-electron chi connectivity index (χ2n) is 7.79. The molecule has 0 aromatic carbocycles. The standard InChI is InChI=1S/C20H28N4O2S/c1-13-16-19(23-15-7-3-2-4-11-24(15)20(16)26)27-17(13)18(25)22-10-8-14-6-5-9-21-12-14/h14,21H,2-12H2,1H3,(H,22,25). The molecule has 1 fully saturated rings. The van der Waals surface area contributed by atoms with Crippen molar-refractivity contribution in [1.82, 2.24) is 20.2 Å². The first kappa shape index (κ1) is 18.6. The number of thiophene rings is 1. The summed E-state index contributed by atoms with van der Waals surface area (Å²) in [5, 5.41) is 7.10. The van der Waals surface area contributed by atoms with Crippen LogP contribution in [0.25, 0.3) is 10.2 Å². The number of carbonyl (C=O) groups excluding carboxylic acids is 1. The normalized spacial score (nSPS) is 20.3. The Hall–Kier alpha value is -1.73. The summed E-state index contributed by atoms with van der Waals surface area (Å²) in [6.07, 6.45) is 7.53. The summed E-state index contributed by atoms with van der Waals surface area (Å²) in [4.78, 5) is 31.8. The highest BCUT2D eigenvalue weighted by atomic mass is 32.1. The molecule has 0 aliphatic carbocycles. The summed E-state index contributed by atoms with van der Waals surface area (Å²) < 4.78 is 1.83. The smallest absolute Gasteiger partial charge is 0.262 e. The number of nitrogens with one attached hydrogen (secondary N) is 2.